The zero-order valence-electron chi connectivity index (χ0n) is 12.6. The summed E-state index contributed by atoms with van der Waals surface area (Å²) >= 11 is 3.99. The Morgan fingerprint density at radius 2 is 2.00 bits per heavy atom. The zero-order chi connectivity index (χ0) is 15.9. The summed E-state index contributed by atoms with van der Waals surface area (Å²) in [5.41, 5.74) is 4.84. The summed E-state index contributed by atoms with van der Waals surface area (Å²) in [6, 6.07) is 4.04. The van der Waals surface area contributed by atoms with E-state index in [1.807, 2.05) is 13.0 Å². The predicted octanol–water partition coefficient (Wildman–Crippen LogP) is 3.24. The third kappa shape index (κ3) is 2.33. The number of aliphatic carboxylic acids is 1. The SMILES string of the molecule is CCc1c(C(=O)S)n(CC(=O)O)c2ccc3c(c12)CCCC3. The van der Waals surface area contributed by atoms with Crippen molar-refractivity contribution in [2.75, 3.05) is 0 Å². The molecular formula is C17H19NO3S. The number of hydrogen-bond acceptors (Lipinski definition) is 2. The van der Waals surface area contributed by atoms with Gasteiger partial charge in [-0.1, -0.05) is 25.6 Å². The average Bonchev–Trinajstić information content (AvgIpc) is 2.80. The zero-order valence-corrected chi connectivity index (χ0v) is 13.4. The van der Waals surface area contributed by atoms with Gasteiger partial charge in [0.25, 0.3) is 0 Å². The van der Waals surface area contributed by atoms with Crippen molar-refractivity contribution in [3.8, 4) is 0 Å². The van der Waals surface area contributed by atoms with Crippen molar-refractivity contribution in [2.45, 2.75) is 45.6 Å². The summed E-state index contributed by atoms with van der Waals surface area (Å²) in [7, 11) is 0. The molecule has 0 radical (unpaired) electrons. The second-order valence-corrected chi connectivity index (χ2v) is 6.18. The fourth-order valence-corrected chi connectivity index (χ4v) is 3.92. The minimum atomic E-state index is -0.951. The number of aromatic nitrogens is 1. The Morgan fingerprint density at radius 3 is 2.64 bits per heavy atom. The highest BCUT2D eigenvalue weighted by Crippen LogP contribution is 2.35. The molecule has 1 aliphatic rings. The maximum Gasteiger partial charge on any atom is 0.323 e. The van der Waals surface area contributed by atoms with E-state index in [-0.39, 0.29) is 11.7 Å². The minimum Gasteiger partial charge on any atom is -0.480 e. The average molecular weight is 317 g/mol. The van der Waals surface area contributed by atoms with Crippen LogP contribution in [0.15, 0.2) is 12.1 Å². The molecule has 1 heterocycles. The van der Waals surface area contributed by atoms with Crippen molar-refractivity contribution in [1.82, 2.24) is 4.57 Å². The van der Waals surface area contributed by atoms with Gasteiger partial charge in [-0.25, -0.2) is 0 Å². The maximum absolute atomic E-state index is 12.0. The lowest BCUT2D eigenvalue weighted by atomic mass is 9.87. The van der Waals surface area contributed by atoms with Crippen LogP contribution >= 0.6 is 12.6 Å². The van der Waals surface area contributed by atoms with Crippen LogP contribution in [0.4, 0.5) is 0 Å². The molecule has 0 atom stereocenters. The van der Waals surface area contributed by atoms with Gasteiger partial charge in [0.2, 0.25) is 5.12 Å². The molecule has 0 saturated heterocycles. The Bertz CT molecular complexity index is 776. The number of nitrogens with zero attached hydrogens (tertiary/aromatic N) is 1. The van der Waals surface area contributed by atoms with Crippen LogP contribution in [0.2, 0.25) is 0 Å². The van der Waals surface area contributed by atoms with E-state index in [1.54, 1.807) is 4.57 Å². The first kappa shape index (κ1) is 15.2. The minimum absolute atomic E-state index is 0.211. The standard InChI is InChI=1S/C17H19NO3S/c1-2-11-15-12-6-4-3-5-10(12)7-8-13(15)18(9-14(19)20)16(11)17(21)22/h7-8H,2-6,9H2,1H3,(H,19,20)(H,21,22). The lowest BCUT2D eigenvalue weighted by Gasteiger charge is -2.17. The molecule has 0 aliphatic heterocycles. The summed E-state index contributed by atoms with van der Waals surface area (Å²) in [4.78, 5) is 23.2. The second kappa shape index (κ2) is 5.80. The Kier molecular flexibility index (Phi) is 4.00. The first-order chi connectivity index (χ1) is 10.5. The molecule has 22 heavy (non-hydrogen) atoms. The molecule has 1 aromatic carbocycles. The van der Waals surface area contributed by atoms with Crippen LogP contribution in [-0.2, 0) is 30.6 Å². The summed E-state index contributed by atoms with van der Waals surface area (Å²) < 4.78 is 1.61. The quantitative estimate of drug-likeness (QED) is 0.851. The van der Waals surface area contributed by atoms with E-state index in [2.05, 4.69) is 18.7 Å². The van der Waals surface area contributed by atoms with Crippen LogP contribution in [0, 0.1) is 0 Å². The maximum atomic E-state index is 12.0. The van der Waals surface area contributed by atoms with Crippen molar-refractivity contribution in [2.24, 2.45) is 0 Å². The van der Waals surface area contributed by atoms with Crippen molar-refractivity contribution in [1.29, 1.82) is 0 Å². The highest BCUT2D eigenvalue weighted by molar-refractivity contribution is 7.97. The van der Waals surface area contributed by atoms with Crippen molar-refractivity contribution < 1.29 is 14.7 Å². The van der Waals surface area contributed by atoms with Gasteiger partial charge < -0.3 is 9.67 Å². The smallest absolute Gasteiger partial charge is 0.323 e. The number of carbonyl (C=O) groups is 2. The number of carboxylic acids is 1. The highest BCUT2D eigenvalue weighted by Gasteiger charge is 2.25. The van der Waals surface area contributed by atoms with Gasteiger partial charge in [-0.15, -0.1) is 0 Å². The van der Waals surface area contributed by atoms with Gasteiger partial charge in [0.15, 0.2) is 0 Å². The number of fused-ring (bicyclic) bond motifs is 3. The molecule has 0 amide bonds. The fraction of sp³-hybridized carbons (Fsp3) is 0.412. The molecule has 3 rings (SSSR count). The first-order valence-electron chi connectivity index (χ1n) is 7.65. The molecule has 1 aromatic heterocycles. The van der Waals surface area contributed by atoms with Gasteiger partial charge >= 0.3 is 5.97 Å². The van der Waals surface area contributed by atoms with Gasteiger partial charge in [-0.3, -0.25) is 9.59 Å². The van der Waals surface area contributed by atoms with Gasteiger partial charge in [0.05, 0.1) is 0 Å². The molecule has 1 aliphatic carbocycles. The van der Waals surface area contributed by atoms with Crippen molar-refractivity contribution in [3.05, 3.63) is 34.5 Å². The molecule has 0 unspecified atom stereocenters. The van der Waals surface area contributed by atoms with Crippen LogP contribution in [-0.4, -0.2) is 20.8 Å². The fourth-order valence-electron chi connectivity index (χ4n) is 3.67. The predicted molar refractivity (Wildman–Crippen MR) is 88.9 cm³/mol. The Labute approximate surface area is 134 Å². The Balaban J connectivity index is 2.39. The van der Waals surface area contributed by atoms with E-state index < -0.39 is 5.97 Å². The molecule has 0 fully saturated rings. The van der Waals surface area contributed by atoms with Crippen LogP contribution < -0.4 is 0 Å². The monoisotopic (exact) mass is 317 g/mol. The van der Waals surface area contributed by atoms with E-state index in [4.69, 9.17) is 0 Å². The summed E-state index contributed by atoms with van der Waals surface area (Å²) in [6.45, 7) is 1.79. The van der Waals surface area contributed by atoms with Crippen LogP contribution in [0.25, 0.3) is 10.9 Å². The molecule has 0 saturated carbocycles. The molecule has 4 nitrogen and oxygen atoms in total. The number of thiol groups is 1. The normalized spacial score (nSPS) is 14.1. The largest absolute Gasteiger partial charge is 0.480 e. The van der Waals surface area contributed by atoms with E-state index in [0.717, 1.165) is 35.7 Å². The number of aryl methyl sites for hydroxylation is 3. The Morgan fingerprint density at radius 1 is 1.27 bits per heavy atom. The molecular weight excluding hydrogens is 298 g/mol. The van der Waals surface area contributed by atoms with Gasteiger partial charge in [0.1, 0.15) is 12.2 Å². The van der Waals surface area contributed by atoms with E-state index in [9.17, 15) is 14.7 Å². The number of rotatable bonds is 4. The Hall–Kier alpha value is -1.75. The third-order valence-electron chi connectivity index (χ3n) is 4.51. The molecule has 2 aromatic rings. The molecule has 0 spiro atoms. The molecule has 116 valence electrons. The summed E-state index contributed by atoms with van der Waals surface area (Å²) in [5, 5.41) is 9.92. The molecule has 0 bridgehead atoms. The van der Waals surface area contributed by atoms with E-state index in [0.29, 0.717) is 12.1 Å². The van der Waals surface area contributed by atoms with Crippen LogP contribution in [0.5, 0.6) is 0 Å². The highest BCUT2D eigenvalue weighted by atomic mass is 32.1. The molecule has 1 N–H and O–H groups in total. The van der Waals surface area contributed by atoms with Gasteiger partial charge in [-0.2, -0.15) is 0 Å². The lowest BCUT2D eigenvalue weighted by Crippen LogP contribution is -2.13. The lowest BCUT2D eigenvalue weighted by molar-refractivity contribution is -0.137. The first-order valence-corrected chi connectivity index (χ1v) is 8.10. The number of carbonyl (C=O) groups excluding carboxylic acids is 1. The topological polar surface area (TPSA) is 59.3 Å². The number of carboxylic acid groups (broad SMARTS) is 1. The van der Waals surface area contributed by atoms with Gasteiger partial charge in [0, 0.05) is 10.9 Å². The van der Waals surface area contributed by atoms with Gasteiger partial charge in [-0.05, 0) is 54.9 Å². The molecule has 5 heteroatoms. The van der Waals surface area contributed by atoms with Crippen LogP contribution in [0.1, 0.15) is 46.9 Å². The van der Waals surface area contributed by atoms with E-state index >= 15 is 0 Å². The number of benzene rings is 1. The van der Waals surface area contributed by atoms with Crippen molar-refractivity contribution >= 4 is 34.6 Å². The number of hydrogen-bond donors (Lipinski definition) is 2. The summed E-state index contributed by atoms with van der Waals surface area (Å²) in [5.74, 6) is -0.951. The van der Waals surface area contributed by atoms with Crippen LogP contribution in [0.3, 0.4) is 0 Å². The second-order valence-electron chi connectivity index (χ2n) is 5.77. The third-order valence-corrected chi connectivity index (χ3v) is 4.72. The summed E-state index contributed by atoms with van der Waals surface area (Å²) in [6.07, 6.45) is 5.08. The van der Waals surface area contributed by atoms with E-state index in [1.165, 1.54) is 17.5 Å². The van der Waals surface area contributed by atoms with Crippen molar-refractivity contribution in [3.63, 3.8) is 0 Å².